The van der Waals surface area contributed by atoms with E-state index in [0.29, 0.717) is 6.20 Å². The van der Waals surface area contributed by atoms with Gasteiger partial charge in [-0.05, 0) is 0 Å². The van der Waals surface area contributed by atoms with Crippen LogP contribution in [0.15, 0.2) is 11.0 Å². The lowest BCUT2D eigenvalue weighted by atomic mass is 10.1. The van der Waals surface area contributed by atoms with Gasteiger partial charge in [-0.3, -0.25) is 4.79 Å². The van der Waals surface area contributed by atoms with Crippen LogP contribution in [-0.2, 0) is 4.74 Å². The van der Waals surface area contributed by atoms with Crippen molar-refractivity contribution in [3.05, 3.63) is 27.7 Å². The molecule has 5 nitrogen and oxygen atoms in total. The number of pyridine rings is 1. The summed E-state index contributed by atoms with van der Waals surface area (Å²) in [6.07, 6.45) is -2.45. The minimum atomic E-state index is -3.14. The van der Waals surface area contributed by atoms with Crippen LogP contribution in [0.3, 0.4) is 0 Å². The van der Waals surface area contributed by atoms with E-state index in [1.165, 1.54) is 0 Å². The smallest absolute Gasteiger partial charge is 0.344 e. The van der Waals surface area contributed by atoms with Gasteiger partial charge in [-0.25, -0.2) is 13.6 Å². The standard InChI is InChI=1S/C8H7F2NO4/c1-15-8(14)5-4(6(9)10)3(12)2-11-7(5)13/h2,6,12H,1H3,(H,11,13). The maximum Gasteiger partial charge on any atom is 0.344 e. The molecule has 82 valence electrons. The Morgan fingerprint density at radius 1 is 1.60 bits per heavy atom. The highest BCUT2D eigenvalue weighted by Gasteiger charge is 2.26. The molecule has 0 spiro atoms. The van der Waals surface area contributed by atoms with Crippen molar-refractivity contribution in [2.24, 2.45) is 0 Å². The van der Waals surface area contributed by atoms with Crippen LogP contribution >= 0.6 is 0 Å². The van der Waals surface area contributed by atoms with E-state index < -0.39 is 34.8 Å². The first kappa shape index (κ1) is 11.2. The molecule has 1 aromatic rings. The number of carbonyl (C=O) groups excluding carboxylic acids is 1. The summed E-state index contributed by atoms with van der Waals surface area (Å²) >= 11 is 0. The number of esters is 1. The average molecular weight is 219 g/mol. The van der Waals surface area contributed by atoms with E-state index in [-0.39, 0.29) is 0 Å². The number of nitrogens with one attached hydrogen (secondary N) is 1. The molecule has 1 aromatic heterocycles. The zero-order valence-electron chi connectivity index (χ0n) is 7.58. The molecule has 0 aliphatic carbocycles. The Morgan fingerprint density at radius 2 is 2.20 bits per heavy atom. The molecular formula is C8H7F2NO4. The molecule has 0 aliphatic heterocycles. The van der Waals surface area contributed by atoms with Crippen LogP contribution in [0.5, 0.6) is 5.75 Å². The molecule has 0 saturated heterocycles. The number of hydrogen-bond acceptors (Lipinski definition) is 4. The second kappa shape index (κ2) is 4.07. The molecule has 0 amide bonds. The topological polar surface area (TPSA) is 79.4 Å². The summed E-state index contributed by atoms with van der Waals surface area (Å²) in [5.41, 5.74) is -2.94. The lowest BCUT2D eigenvalue weighted by molar-refractivity contribution is 0.0585. The van der Waals surface area contributed by atoms with Crippen molar-refractivity contribution in [3.8, 4) is 5.75 Å². The normalized spacial score (nSPS) is 10.4. The van der Waals surface area contributed by atoms with Crippen LogP contribution in [0, 0.1) is 0 Å². The van der Waals surface area contributed by atoms with Gasteiger partial charge in [0.15, 0.2) is 0 Å². The highest BCUT2D eigenvalue weighted by Crippen LogP contribution is 2.28. The lowest BCUT2D eigenvalue weighted by Gasteiger charge is -2.07. The van der Waals surface area contributed by atoms with Crippen molar-refractivity contribution in [1.82, 2.24) is 4.98 Å². The highest BCUT2D eigenvalue weighted by atomic mass is 19.3. The number of aromatic nitrogens is 1. The quantitative estimate of drug-likeness (QED) is 0.721. The number of methoxy groups -OCH3 is 1. The molecule has 1 heterocycles. The lowest BCUT2D eigenvalue weighted by Crippen LogP contribution is -2.21. The summed E-state index contributed by atoms with van der Waals surface area (Å²) in [6.45, 7) is 0. The molecule has 2 N–H and O–H groups in total. The van der Waals surface area contributed by atoms with Gasteiger partial charge in [0.2, 0.25) is 0 Å². The van der Waals surface area contributed by atoms with Crippen LogP contribution in [0.4, 0.5) is 8.78 Å². The van der Waals surface area contributed by atoms with Crippen LogP contribution in [-0.4, -0.2) is 23.2 Å². The molecule has 0 radical (unpaired) electrons. The Labute approximate surface area is 82.3 Å². The predicted octanol–water partition coefficient (Wildman–Crippen LogP) is 0.805. The van der Waals surface area contributed by atoms with Crippen molar-refractivity contribution in [1.29, 1.82) is 0 Å². The van der Waals surface area contributed by atoms with Crippen LogP contribution in [0.2, 0.25) is 0 Å². The number of rotatable bonds is 2. The van der Waals surface area contributed by atoms with Gasteiger partial charge in [-0.15, -0.1) is 0 Å². The second-order valence-electron chi connectivity index (χ2n) is 2.58. The summed E-state index contributed by atoms with van der Waals surface area (Å²) in [6, 6.07) is 0. The van der Waals surface area contributed by atoms with Crippen molar-refractivity contribution in [2.75, 3.05) is 7.11 Å². The first-order valence-electron chi connectivity index (χ1n) is 3.80. The summed E-state index contributed by atoms with van der Waals surface area (Å²) in [5, 5.41) is 9.07. The number of alkyl halides is 2. The Kier molecular flexibility index (Phi) is 3.03. The van der Waals surface area contributed by atoms with Gasteiger partial charge in [-0.2, -0.15) is 0 Å². The molecule has 7 heteroatoms. The average Bonchev–Trinajstić information content (AvgIpc) is 2.19. The van der Waals surface area contributed by atoms with Gasteiger partial charge >= 0.3 is 5.97 Å². The van der Waals surface area contributed by atoms with E-state index >= 15 is 0 Å². The Balaban J connectivity index is 3.52. The number of aromatic hydroxyl groups is 1. The summed E-state index contributed by atoms with van der Waals surface area (Å²) in [5.74, 6) is -2.08. The number of carbonyl (C=O) groups is 1. The first-order chi connectivity index (χ1) is 6.99. The van der Waals surface area contributed by atoms with E-state index in [4.69, 9.17) is 5.11 Å². The third-order valence-corrected chi connectivity index (χ3v) is 1.72. The second-order valence-corrected chi connectivity index (χ2v) is 2.58. The summed E-state index contributed by atoms with van der Waals surface area (Å²) < 4.78 is 29.0. The fourth-order valence-electron chi connectivity index (χ4n) is 1.06. The Morgan fingerprint density at radius 3 is 2.67 bits per heavy atom. The molecule has 0 aliphatic rings. The van der Waals surface area contributed by atoms with Gasteiger partial charge in [0.05, 0.1) is 12.7 Å². The molecule has 0 atom stereocenters. The number of hydrogen-bond donors (Lipinski definition) is 2. The van der Waals surface area contributed by atoms with Crippen molar-refractivity contribution in [2.45, 2.75) is 6.43 Å². The highest BCUT2D eigenvalue weighted by molar-refractivity contribution is 5.91. The van der Waals surface area contributed by atoms with Gasteiger partial charge in [0.1, 0.15) is 11.3 Å². The monoisotopic (exact) mass is 219 g/mol. The van der Waals surface area contributed by atoms with E-state index in [9.17, 15) is 18.4 Å². The molecule has 0 fully saturated rings. The maximum atomic E-state index is 12.4. The van der Waals surface area contributed by atoms with E-state index in [0.717, 1.165) is 7.11 Å². The molecular weight excluding hydrogens is 212 g/mol. The van der Waals surface area contributed by atoms with Crippen molar-refractivity contribution in [3.63, 3.8) is 0 Å². The fourth-order valence-corrected chi connectivity index (χ4v) is 1.06. The molecule has 1 rings (SSSR count). The van der Waals surface area contributed by atoms with Gasteiger partial charge < -0.3 is 14.8 Å². The first-order valence-corrected chi connectivity index (χ1v) is 3.80. The summed E-state index contributed by atoms with van der Waals surface area (Å²) in [7, 11) is 0.946. The van der Waals surface area contributed by atoms with E-state index in [1.807, 2.05) is 4.98 Å². The summed E-state index contributed by atoms with van der Waals surface area (Å²) in [4.78, 5) is 24.1. The SMILES string of the molecule is COC(=O)c1c(C(F)F)c(O)c[nH]c1=O. The predicted molar refractivity (Wildman–Crippen MR) is 45.0 cm³/mol. The number of ether oxygens (including phenoxy) is 1. The maximum absolute atomic E-state index is 12.4. The van der Waals surface area contributed by atoms with Crippen molar-refractivity contribution >= 4 is 5.97 Å². The van der Waals surface area contributed by atoms with Crippen molar-refractivity contribution < 1.29 is 23.4 Å². The zero-order valence-corrected chi connectivity index (χ0v) is 7.58. The Hall–Kier alpha value is -1.92. The zero-order chi connectivity index (χ0) is 11.6. The largest absolute Gasteiger partial charge is 0.506 e. The number of aromatic amines is 1. The van der Waals surface area contributed by atoms with Gasteiger partial charge in [-0.1, -0.05) is 0 Å². The molecule has 0 saturated carbocycles. The van der Waals surface area contributed by atoms with Crippen LogP contribution < -0.4 is 5.56 Å². The number of H-pyrrole nitrogens is 1. The minimum Gasteiger partial charge on any atom is -0.506 e. The minimum absolute atomic E-state index is 0.691. The van der Waals surface area contributed by atoms with E-state index in [1.54, 1.807) is 0 Å². The third-order valence-electron chi connectivity index (χ3n) is 1.72. The third kappa shape index (κ3) is 1.95. The molecule has 15 heavy (non-hydrogen) atoms. The molecule has 0 unspecified atom stereocenters. The van der Waals surface area contributed by atoms with Crippen LogP contribution in [0.1, 0.15) is 22.3 Å². The van der Waals surface area contributed by atoms with Gasteiger partial charge in [0, 0.05) is 6.20 Å². The molecule has 0 bridgehead atoms. The van der Waals surface area contributed by atoms with Gasteiger partial charge in [0.25, 0.3) is 12.0 Å². The van der Waals surface area contributed by atoms with Crippen LogP contribution in [0.25, 0.3) is 0 Å². The fraction of sp³-hybridized carbons (Fsp3) is 0.250. The van der Waals surface area contributed by atoms with E-state index in [2.05, 4.69) is 4.74 Å². The molecule has 0 aromatic carbocycles. The number of halogens is 2. The Bertz CT molecular complexity index is 441.